The fraction of sp³-hybridized carbons (Fsp3) is 0.231. The van der Waals surface area contributed by atoms with E-state index in [0.717, 1.165) is 17.2 Å². The number of aldehydes is 1. The fourth-order valence-electron chi connectivity index (χ4n) is 1.89. The first-order chi connectivity index (χ1) is 8.13. The van der Waals surface area contributed by atoms with Crippen molar-refractivity contribution in [3.63, 3.8) is 0 Å². The first-order valence-corrected chi connectivity index (χ1v) is 5.46. The summed E-state index contributed by atoms with van der Waals surface area (Å²) in [4.78, 5) is 21.9. The van der Waals surface area contributed by atoms with Crippen LogP contribution in [0.3, 0.4) is 0 Å². The zero-order valence-corrected chi connectivity index (χ0v) is 9.59. The molecule has 0 saturated carbocycles. The molecule has 1 aromatic carbocycles. The van der Waals surface area contributed by atoms with Crippen molar-refractivity contribution in [2.24, 2.45) is 11.7 Å². The summed E-state index contributed by atoms with van der Waals surface area (Å²) in [6.07, 6.45) is 2.71. The normalized spacial score (nSPS) is 12.5. The van der Waals surface area contributed by atoms with E-state index >= 15 is 0 Å². The molecule has 1 heterocycles. The van der Waals surface area contributed by atoms with Crippen LogP contribution in [-0.4, -0.2) is 16.8 Å². The Labute approximate surface area is 99.0 Å². The van der Waals surface area contributed by atoms with Gasteiger partial charge in [0.2, 0.25) is 5.91 Å². The molecular weight excluding hydrogens is 216 g/mol. The third-order valence-corrected chi connectivity index (χ3v) is 2.93. The number of carbonyl (C=O) groups excluding carboxylic acids is 2. The summed E-state index contributed by atoms with van der Waals surface area (Å²) in [6.45, 7) is 2.32. The molecule has 1 amide bonds. The molecule has 1 aromatic heterocycles. The molecule has 0 aliphatic carbocycles. The highest BCUT2D eigenvalue weighted by atomic mass is 16.1. The maximum Gasteiger partial charge on any atom is 0.222 e. The topological polar surface area (TPSA) is 65.1 Å². The number of primary amides is 1. The largest absolute Gasteiger partial charge is 0.369 e. The van der Waals surface area contributed by atoms with Gasteiger partial charge in [-0.05, 0) is 12.1 Å². The van der Waals surface area contributed by atoms with Crippen LogP contribution in [0.5, 0.6) is 0 Å². The van der Waals surface area contributed by atoms with Crippen molar-refractivity contribution in [2.75, 3.05) is 0 Å². The second-order valence-electron chi connectivity index (χ2n) is 4.17. The van der Waals surface area contributed by atoms with E-state index in [1.807, 2.05) is 29.0 Å². The van der Waals surface area contributed by atoms with E-state index in [1.54, 1.807) is 13.0 Å². The summed E-state index contributed by atoms with van der Waals surface area (Å²) < 4.78 is 1.94. The fourth-order valence-corrected chi connectivity index (χ4v) is 1.89. The molecule has 0 radical (unpaired) electrons. The summed E-state index contributed by atoms with van der Waals surface area (Å²) in [7, 11) is 0. The van der Waals surface area contributed by atoms with Gasteiger partial charge in [0.15, 0.2) is 6.29 Å². The minimum absolute atomic E-state index is 0.231. The van der Waals surface area contributed by atoms with E-state index in [4.69, 9.17) is 5.73 Å². The minimum Gasteiger partial charge on any atom is -0.369 e. The second kappa shape index (κ2) is 4.41. The number of hydrogen-bond acceptors (Lipinski definition) is 2. The van der Waals surface area contributed by atoms with E-state index in [-0.39, 0.29) is 11.8 Å². The second-order valence-corrected chi connectivity index (χ2v) is 4.17. The maximum atomic E-state index is 11.0. The van der Waals surface area contributed by atoms with Crippen molar-refractivity contribution in [1.82, 2.24) is 4.57 Å². The Balaban J connectivity index is 2.43. The number of hydrogen-bond donors (Lipinski definition) is 1. The van der Waals surface area contributed by atoms with Gasteiger partial charge >= 0.3 is 0 Å². The Kier molecular flexibility index (Phi) is 2.95. The van der Waals surface area contributed by atoms with Crippen LogP contribution in [0.2, 0.25) is 0 Å². The Morgan fingerprint density at radius 1 is 1.47 bits per heavy atom. The first kappa shape index (κ1) is 11.4. The van der Waals surface area contributed by atoms with Gasteiger partial charge in [0.25, 0.3) is 0 Å². The lowest BCUT2D eigenvalue weighted by Gasteiger charge is -2.10. The minimum atomic E-state index is -0.321. The third kappa shape index (κ3) is 2.06. The lowest BCUT2D eigenvalue weighted by molar-refractivity contribution is -0.121. The van der Waals surface area contributed by atoms with Crippen molar-refractivity contribution in [1.29, 1.82) is 0 Å². The molecule has 0 bridgehead atoms. The van der Waals surface area contributed by atoms with E-state index in [0.29, 0.717) is 12.1 Å². The lowest BCUT2D eigenvalue weighted by atomic mass is 10.1. The maximum absolute atomic E-state index is 11.0. The van der Waals surface area contributed by atoms with Crippen LogP contribution in [0.4, 0.5) is 0 Å². The van der Waals surface area contributed by atoms with Gasteiger partial charge in [-0.2, -0.15) is 0 Å². The first-order valence-electron chi connectivity index (χ1n) is 5.46. The van der Waals surface area contributed by atoms with Gasteiger partial charge in [-0.3, -0.25) is 9.59 Å². The highest BCUT2D eigenvalue weighted by Gasteiger charge is 2.11. The molecule has 1 unspecified atom stereocenters. The molecule has 0 saturated heterocycles. The Hall–Kier alpha value is -2.10. The van der Waals surface area contributed by atoms with E-state index < -0.39 is 0 Å². The van der Waals surface area contributed by atoms with Gasteiger partial charge in [0.05, 0.1) is 5.92 Å². The molecule has 0 spiro atoms. The highest BCUT2D eigenvalue weighted by Crippen LogP contribution is 2.20. The number of amides is 1. The predicted octanol–water partition coefficient (Wildman–Crippen LogP) is 1.58. The van der Waals surface area contributed by atoms with Crippen molar-refractivity contribution in [3.8, 4) is 0 Å². The monoisotopic (exact) mass is 230 g/mol. The lowest BCUT2D eigenvalue weighted by Crippen LogP contribution is -2.24. The molecule has 88 valence electrons. The van der Waals surface area contributed by atoms with Crippen molar-refractivity contribution < 1.29 is 9.59 Å². The van der Waals surface area contributed by atoms with E-state index in [1.165, 1.54) is 0 Å². The Bertz CT molecular complexity index is 572. The average molecular weight is 230 g/mol. The molecular formula is C13H14N2O2. The van der Waals surface area contributed by atoms with Crippen molar-refractivity contribution in [3.05, 3.63) is 36.0 Å². The smallest absolute Gasteiger partial charge is 0.222 e. The van der Waals surface area contributed by atoms with Crippen LogP contribution >= 0.6 is 0 Å². The van der Waals surface area contributed by atoms with E-state index in [2.05, 4.69) is 0 Å². The molecule has 0 fully saturated rings. The SMILES string of the molecule is CC(Cn1ccc2c(C=O)cccc21)C(N)=O. The van der Waals surface area contributed by atoms with Crippen LogP contribution in [0.1, 0.15) is 17.3 Å². The number of nitrogens with two attached hydrogens (primary N) is 1. The summed E-state index contributed by atoms with van der Waals surface area (Å²) in [5, 5.41) is 0.902. The number of benzene rings is 1. The van der Waals surface area contributed by atoms with Crippen molar-refractivity contribution >= 4 is 23.1 Å². The molecule has 1 atom stereocenters. The standard InChI is InChI=1S/C13H14N2O2/c1-9(13(14)17)7-15-6-5-11-10(8-16)3-2-4-12(11)15/h2-6,8-9H,7H2,1H3,(H2,14,17). The van der Waals surface area contributed by atoms with Crippen LogP contribution < -0.4 is 5.73 Å². The summed E-state index contributed by atoms with van der Waals surface area (Å²) in [5.41, 5.74) is 6.85. The molecule has 4 nitrogen and oxygen atoms in total. The van der Waals surface area contributed by atoms with Crippen LogP contribution in [0.25, 0.3) is 10.9 Å². The van der Waals surface area contributed by atoms with Gasteiger partial charge in [-0.15, -0.1) is 0 Å². The molecule has 4 heteroatoms. The predicted molar refractivity (Wildman–Crippen MR) is 65.7 cm³/mol. The molecule has 17 heavy (non-hydrogen) atoms. The highest BCUT2D eigenvalue weighted by molar-refractivity contribution is 5.97. The summed E-state index contributed by atoms with van der Waals surface area (Å²) in [5.74, 6) is -0.552. The quantitative estimate of drug-likeness (QED) is 0.810. The van der Waals surface area contributed by atoms with Gasteiger partial charge in [0, 0.05) is 29.2 Å². The van der Waals surface area contributed by atoms with Gasteiger partial charge in [0.1, 0.15) is 0 Å². The average Bonchev–Trinajstić information content (AvgIpc) is 2.72. The molecule has 2 aromatic rings. The molecule has 2 N–H and O–H groups in total. The number of nitrogens with zero attached hydrogens (tertiary/aromatic N) is 1. The number of carbonyl (C=O) groups is 2. The van der Waals surface area contributed by atoms with Crippen LogP contribution in [0, 0.1) is 5.92 Å². The van der Waals surface area contributed by atoms with Crippen molar-refractivity contribution in [2.45, 2.75) is 13.5 Å². The molecule has 0 aliphatic rings. The number of rotatable bonds is 4. The Morgan fingerprint density at radius 2 is 2.24 bits per heavy atom. The van der Waals surface area contributed by atoms with Crippen LogP contribution in [-0.2, 0) is 11.3 Å². The number of fused-ring (bicyclic) bond motifs is 1. The Morgan fingerprint density at radius 3 is 2.88 bits per heavy atom. The summed E-state index contributed by atoms with van der Waals surface area (Å²) in [6, 6.07) is 7.41. The van der Waals surface area contributed by atoms with Gasteiger partial charge in [-0.25, -0.2) is 0 Å². The third-order valence-electron chi connectivity index (χ3n) is 2.93. The molecule has 0 aliphatic heterocycles. The number of aromatic nitrogens is 1. The van der Waals surface area contributed by atoms with Gasteiger partial charge < -0.3 is 10.3 Å². The van der Waals surface area contributed by atoms with E-state index in [9.17, 15) is 9.59 Å². The van der Waals surface area contributed by atoms with Crippen LogP contribution in [0.15, 0.2) is 30.5 Å². The zero-order valence-electron chi connectivity index (χ0n) is 9.59. The van der Waals surface area contributed by atoms with Gasteiger partial charge in [-0.1, -0.05) is 19.1 Å². The summed E-state index contributed by atoms with van der Waals surface area (Å²) >= 11 is 0. The molecule has 2 rings (SSSR count). The zero-order chi connectivity index (χ0) is 12.4.